The highest BCUT2D eigenvalue weighted by atomic mass is 35.5. The van der Waals surface area contributed by atoms with E-state index in [-0.39, 0.29) is 4.91 Å². The first-order valence-electron chi connectivity index (χ1n) is 8.71. The maximum Gasteiger partial charge on any atom is 0.244 e. The van der Waals surface area contributed by atoms with Gasteiger partial charge in [0, 0.05) is 43.7 Å². The Labute approximate surface area is 156 Å². The van der Waals surface area contributed by atoms with Gasteiger partial charge in [-0.15, -0.1) is 0 Å². The van der Waals surface area contributed by atoms with Crippen molar-refractivity contribution in [1.29, 1.82) is 0 Å². The van der Waals surface area contributed by atoms with E-state index in [4.69, 9.17) is 11.6 Å². The van der Waals surface area contributed by atoms with Gasteiger partial charge < -0.3 is 5.32 Å². The van der Waals surface area contributed by atoms with Crippen LogP contribution in [0.15, 0.2) is 30.3 Å². The van der Waals surface area contributed by atoms with E-state index >= 15 is 0 Å². The average Bonchev–Trinajstić information content (AvgIpc) is 2.63. The van der Waals surface area contributed by atoms with Crippen LogP contribution in [0.5, 0.6) is 0 Å². The van der Waals surface area contributed by atoms with Gasteiger partial charge in [0.2, 0.25) is 10.0 Å². The molecule has 1 aromatic rings. The molecule has 1 heterocycles. The molecular formula is C19H25ClN2O2S. The number of unbranched alkanes of at least 4 members (excludes halogenated alkanes) is 3. The summed E-state index contributed by atoms with van der Waals surface area (Å²) in [4.78, 5) is 0.244. The Morgan fingerprint density at radius 2 is 1.92 bits per heavy atom. The molecule has 1 aliphatic heterocycles. The topological polar surface area (TPSA) is 49.4 Å². The molecule has 0 bridgehead atoms. The summed E-state index contributed by atoms with van der Waals surface area (Å²) in [7, 11) is -3.58. The summed E-state index contributed by atoms with van der Waals surface area (Å²) in [6.45, 7) is 4.41. The van der Waals surface area contributed by atoms with Crippen LogP contribution >= 0.6 is 11.6 Å². The second-order valence-electron chi connectivity index (χ2n) is 5.95. The van der Waals surface area contributed by atoms with Crippen LogP contribution in [0.4, 0.5) is 0 Å². The van der Waals surface area contributed by atoms with E-state index in [1.807, 2.05) is 0 Å². The fourth-order valence-electron chi connectivity index (χ4n) is 2.60. The van der Waals surface area contributed by atoms with Gasteiger partial charge in [-0.25, -0.2) is 8.42 Å². The van der Waals surface area contributed by atoms with Crippen LogP contribution in [0.2, 0.25) is 5.02 Å². The number of allylic oxidation sites excluding steroid dienone is 1. The minimum atomic E-state index is -3.58. The second-order valence-corrected chi connectivity index (χ2v) is 8.29. The molecule has 0 unspecified atom stereocenters. The minimum absolute atomic E-state index is 0.244. The van der Waals surface area contributed by atoms with Gasteiger partial charge in [0.15, 0.2) is 0 Å². The van der Waals surface area contributed by atoms with Crippen LogP contribution in [-0.2, 0) is 10.0 Å². The molecule has 0 radical (unpaired) electrons. The molecule has 4 nitrogen and oxygen atoms in total. The average molecular weight is 381 g/mol. The number of halogens is 1. The van der Waals surface area contributed by atoms with Gasteiger partial charge in [-0.3, -0.25) is 0 Å². The van der Waals surface area contributed by atoms with E-state index in [1.165, 1.54) is 10.4 Å². The fourth-order valence-corrected chi connectivity index (χ4v) is 4.31. The summed E-state index contributed by atoms with van der Waals surface area (Å²) in [5.74, 6) is 6.00. The van der Waals surface area contributed by atoms with Crippen molar-refractivity contribution in [3.05, 3.63) is 40.9 Å². The Kier molecular flexibility index (Phi) is 7.98. The third kappa shape index (κ3) is 5.86. The van der Waals surface area contributed by atoms with Gasteiger partial charge in [0.25, 0.3) is 0 Å². The number of sulfonamides is 1. The van der Waals surface area contributed by atoms with Crippen LogP contribution in [-0.4, -0.2) is 38.9 Å². The molecule has 25 heavy (non-hydrogen) atoms. The van der Waals surface area contributed by atoms with Gasteiger partial charge in [-0.05, 0) is 24.1 Å². The number of benzene rings is 1. The SMILES string of the molecule is CCCCCC#C/C=C(\c1ccc(Cl)cc1)S(=O)(=O)N1CCNCC1. The van der Waals surface area contributed by atoms with E-state index in [0.29, 0.717) is 36.8 Å². The molecule has 1 fully saturated rings. The Bertz CT molecular complexity index is 740. The van der Waals surface area contributed by atoms with Gasteiger partial charge in [-0.2, -0.15) is 4.31 Å². The number of hydrogen-bond acceptors (Lipinski definition) is 3. The van der Waals surface area contributed by atoms with Crippen LogP contribution in [0.1, 0.15) is 38.2 Å². The van der Waals surface area contributed by atoms with Crippen molar-refractivity contribution < 1.29 is 8.42 Å². The maximum absolute atomic E-state index is 13.1. The predicted molar refractivity (Wildman–Crippen MR) is 105 cm³/mol. The van der Waals surface area contributed by atoms with E-state index in [1.54, 1.807) is 24.3 Å². The summed E-state index contributed by atoms with van der Waals surface area (Å²) in [6, 6.07) is 6.86. The zero-order chi connectivity index (χ0) is 18.1. The van der Waals surface area contributed by atoms with Crippen molar-refractivity contribution in [2.45, 2.75) is 32.6 Å². The molecule has 0 atom stereocenters. The number of nitrogens with zero attached hydrogens (tertiary/aromatic N) is 1. The first-order chi connectivity index (χ1) is 12.1. The highest BCUT2D eigenvalue weighted by Gasteiger charge is 2.28. The van der Waals surface area contributed by atoms with E-state index in [9.17, 15) is 8.42 Å². The van der Waals surface area contributed by atoms with Crippen molar-refractivity contribution in [3.63, 3.8) is 0 Å². The smallest absolute Gasteiger partial charge is 0.244 e. The quantitative estimate of drug-likeness (QED) is 0.607. The normalized spacial score (nSPS) is 16.3. The first kappa shape index (κ1) is 20.0. The third-order valence-electron chi connectivity index (χ3n) is 4.03. The molecule has 1 saturated heterocycles. The molecule has 0 saturated carbocycles. The van der Waals surface area contributed by atoms with Crippen LogP contribution < -0.4 is 5.32 Å². The predicted octanol–water partition coefficient (Wildman–Crippen LogP) is 3.50. The second kappa shape index (κ2) is 9.98. The number of hydrogen-bond donors (Lipinski definition) is 1. The summed E-state index contributed by atoms with van der Waals surface area (Å²) < 4.78 is 27.6. The first-order valence-corrected chi connectivity index (χ1v) is 10.5. The molecule has 0 spiro atoms. The zero-order valence-electron chi connectivity index (χ0n) is 14.6. The Hall–Kier alpha value is -1.32. The standard InChI is InChI=1S/C19H25ClN2O2S/c1-2-3-4-5-6-7-8-19(17-9-11-18(20)12-10-17)25(23,24)22-15-13-21-14-16-22/h8-12,21H,2-5,13-16H2,1H3/b19-8+. The molecule has 1 aromatic carbocycles. The summed E-state index contributed by atoms with van der Waals surface area (Å²) in [5, 5.41) is 3.75. The lowest BCUT2D eigenvalue weighted by molar-refractivity contribution is 0.365. The number of piperazine rings is 1. The Morgan fingerprint density at radius 1 is 1.24 bits per heavy atom. The summed E-state index contributed by atoms with van der Waals surface area (Å²) >= 11 is 5.94. The van der Waals surface area contributed by atoms with Crippen LogP contribution in [0, 0.1) is 11.8 Å². The summed E-state index contributed by atoms with van der Waals surface area (Å²) in [5.41, 5.74) is 0.616. The largest absolute Gasteiger partial charge is 0.314 e. The van der Waals surface area contributed by atoms with Crippen LogP contribution in [0.25, 0.3) is 4.91 Å². The number of nitrogens with one attached hydrogen (secondary N) is 1. The van der Waals surface area contributed by atoms with Crippen LogP contribution in [0.3, 0.4) is 0 Å². The van der Waals surface area contributed by atoms with Gasteiger partial charge >= 0.3 is 0 Å². The lowest BCUT2D eigenvalue weighted by atomic mass is 10.2. The van der Waals surface area contributed by atoms with E-state index < -0.39 is 10.0 Å². The number of rotatable bonds is 6. The molecule has 1 aliphatic rings. The highest BCUT2D eigenvalue weighted by Crippen LogP contribution is 2.26. The Balaban J connectivity index is 2.29. The molecule has 2 rings (SSSR count). The van der Waals surface area contributed by atoms with Gasteiger partial charge in [-0.1, -0.05) is 55.3 Å². The molecule has 136 valence electrons. The van der Waals surface area contributed by atoms with Crippen molar-refractivity contribution >= 4 is 26.5 Å². The van der Waals surface area contributed by atoms with E-state index in [0.717, 1.165) is 25.7 Å². The lowest BCUT2D eigenvalue weighted by Crippen LogP contribution is -2.46. The molecular weight excluding hydrogens is 356 g/mol. The highest BCUT2D eigenvalue weighted by molar-refractivity contribution is 7.98. The van der Waals surface area contributed by atoms with Crippen molar-refractivity contribution in [2.24, 2.45) is 0 Å². The monoisotopic (exact) mass is 380 g/mol. The molecule has 0 aromatic heterocycles. The third-order valence-corrected chi connectivity index (χ3v) is 6.24. The fraction of sp³-hybridized carbons (Fsp3) is 0.474. The van der Waals surface area contributed by atoms with Crippen molar-refractivity contribution in [1.82, 2.24) is 9.62 Å². The van der Waals surface area contributed by atoms with Gasteiger partial charge in [0.05, 0.1) is 4.91 Å². The molecule has 0 amide bonds. The zero-order valence-corrected chi connectivity index (χ0v) is 16.2. The van der Waals surface area contributed by atoms with Gasteiger partial charge in [0.1, 0.15) is 0 Å². The molecule has 0 aliphatic carbocycles. The van der Waals surface area contributed by atoms with Crippen molar-refractivity contribution in [2.75, 3.05) is 26.2 Å². The van der Waals surface area contributed by atoms with Crippen molar-refractivity contribution in [3.8, 4) is 11.8 Å². The maximum atomic E-state index is 13.1. The minimum Gasteiger partial charge on any atom is -0.314 e. The lowest BCUT2D eigenvalue weighted by Gasteiger charge is -2.27. The summed E-state index contributed by atoms with van der Waals surface area (Å²) in [6.07, 6.45) is 5.64. The Morgan fingerprint density at radius 3 is 2.56 bits per heavy atom. The molecule has 6 heteroatoms. The van der Waals surface area contributed by atoms with E-state index in [2.05, 4.69) is 24.1 Å². The molecule has 1 N–H and O–H groups in total.